The highest BCUT2D eigenvalue weighted by Crippen LogP contribution is 2.29. The Morgan fingerprint density at radius 2 is 1.84 bits per heavy atom. The predicted octanol–water partition coefficient (Wildman–Crippen LogP) is 3.73. The molecule has 2 bridgehead atoms. The molecule has 0 radical (unpaired) electrons. The van der Waals surface area contributed by atoms with Gasteiger partial charge in [-0.2, -0.15) is 4.68 Å². The van der Waals surface area contributed by atoms with Crippen molar-refractivity contribution in [1.29, 1.82) is 0 Å². The maximum atomic E-state index is 13.5. The zero-order valence-corrected chi connectivity index (χ0v) is 21.9. The molecular formula is C29H36N4O4. The Morgan fingerprint density at radius 3 is 2.51 bits per heavy atom. The second-order valence-electron chi connectivity index (χ2n) is 10.5. The summed E-state index contributed by atoms with van der Waals surface area (Å²) in [6.07, 6.45) is 3.82. The highest BCUT2D eigenvalue weighted by Gasteiger charge is 2.36. The fraction of sp³-hybridized carbons (Fsp3) is 0.483. The molecule has 3 aromatic rings. The van der Waals surface area contributed by atoms with Crippen LogP contribution < -0.4 is 10.4 Å². The van der Waals surface area contributed by atoms with Crippen molar-refractivity contribution in [2.45, 2.75) is 58.2 Å². The van der Waals surface area contributed by atoms with Crippen molar-refractivity contribution in [1.82, 2.24) is 19.2 Å². The quantitative estimate of drug-likeness (QED) is 0.419. The van der Waals surface area contributed by atoms with Crippen LogP contribution in [0.5, 0.6) is 5.75 Å². The van der Waals surface area contributed by atoms with Crippen LogP contribution in [-0.2, 0) is 22.5 Å². The van der Waals surface area contributed by atoms with Gasteiger partial charge in [-0.3, -0.25) is 14.3 Å². The number of morpholine rings is 1. The van der Waals surface area contributed by atoms with E-state index in [2.05, 4.69) is 22.1 Å². The molecule has 2 aromatic carbocycles. The number of ketones is 1. The van der Waals surface area contributed by atoms with Gasteiger partial charge in [0.1, 0.15) is 5.75 Å². The SMILES string of the molecule is COc1cccc(-c2nn(-c3ccc(CCN4C5CCC4COC5)cc3)c(=O)n2CC(=O)CC(C)C)c1. The largest absolute Gasteiger partial charge is 0.497 e. The average Bonchev–Trinajstić information content (AvgIpc) is 3.32. The third-order valence-electron chi connectivity index (χ3n) is 7.39. The molecule has 2 saturated heterocycles. The Hall–Kier alpha value is -3.23. The third kappa shape index (κ3) is 5.55. The minimum atomic E-state index is -0.326. The van der Waals surface area contributed by atoms with Gasteiger partial charge in [0.15, 0.2) is 11.6 Å². The summed E-state index contributed by atoms with van der Waals surface area (Å²) in [6.45, 7) is 6.69. The van der Waals surface area contributed by atoms with E-state index in [4.69, 9.17) is 9.47 Å². The number of carbonyl (C=O) groups excluding carboxylic acids is 1. The molecule has 2 atom stereocenters. The molecule has 2 unspecified atom stereocenters. The maximum Gasteiger partial charge on any atom is 0.351 e. The molecule has 0 N–H and O–H groups in total. The van der Waals surface area contributed by atoms with E-state index in [1.54, 1.807) is 7.11 Å². The summed E-state index contributed by atoms with van der Waals surface area (Å²) in [5, 5.41) is 4.67. The summed E-state index contributed by atoms with van der Waals surface area (Å²) in [4.78, 5) is 28.8. The van der Waals surface area contributed by atoms with Gasteiger partial charge in [0.2, 0.25) is 0 Å². The molecule has 8 nitrogen and oxygen atoms in total. The summed E-state index contributed by atoms with van der Waals surface area (Å²) in [5.41, 5.74) is 2.30. The first-order valence-corrected chi connectivity index (χ1v) is 13.2. The Kier molecular flexibility index (Phi) is 7.58. The monoisotopic (exact) mass is 504 g/mol. The number of rotatable bonds is 10. The van der Waals surface area contributed by atoms with Crippen molar-refractivity contribution < 1.29 is 14.3 Å². The van der Waals surface area contributed by atoms with Gasteiger partial charge >= 0.3 is 5.69 Å². The van der Waals surface area contributed by atoms with Gasteiger partial charge in [-0.05, 0) is 55.0 Å². The minimum absolute atomic E-state index is 0.00761. The first-order valence-electron chi connectivity index (χ1n) is 13.2. The van der Waals surface area contributed by atoms with Crippen LogP contribution in [0.4, 0.5) is 0 Å². The van der Waals surface area contributed by atoms with E-state index in [1.165, 1.54) is 27.7 Å². The lowest BCUT2D eigenvalue weighted by atomic mass is 10.1. The summed E-state index contributed by atoms with van der Waals surface area (Å²) in [5.74, 6) is 1.34. The highest BCUT2D eigenvalue weighted by molar-refractivity contribution is 5.79. The number of Topliss-reactive ketones (excluding diaryl/α,β-unsaturated/α-hetero) is 1. The summed E-state index contributed by atoms with van der Waals surface area (Å²) in [7, 11) is 1.60. The Bertz CT molecular complexity index is 1280. The van der Waals surface area contributed by atoms with Crippen LogP contribution in [0.1, 0.15) is 38.7 Å². The molecule has 5 rings (SSSR count). The molecule has 2 aliphatic rings. The van der Waals surface area contributed by atoms with Crippen LogP contribution in [0.15, 0.2) is 53.3 Å². The normalized spacial score (nSPS) is 19.5. The van der Waals surface area contributed by atoms with Gasteiger partial charge in [-0.1, -0.05) is 38.1 Å². The van der Waals surface area contributed by atoms with Gasteiger partial charge in [-0.15, -0.1) is 5.10 Å². The van der Waals surface area contributed by atoms with E-state index in [1.807, 2.05) is 50.2 Å². The van der Waals surface area contributed by atoms with Crippen molar-refractivity contribution >= 4 is 5.78 Å². The van der Waals surface area contributed by atoms with Crippen molar-refractivity contribution in [2.24, 2.45) is 5.92 Å². The Morgan fingerprint density at radius 1 is 1.11 bits per heavy atom. The lowest BCUT2D eigenvalue weighted by molar-refractivity contribution is -0.120. The lowest BCUT2D eigenvalue weighted by Crippen LogP contribution is -2.46. The average molecular weight is 505 g/mol. The number of methoxy groups -OCH3 is 1. The Labute approximate surface area is 217 Å². The highest BCUT2D eigenvalue weighted by atomic mass is 16.5. The number of carbonyl (C=O) groups is 1. The standard InChI is InChI=1S/C29H36N4O4/c1-20(2)15-26(34)17-32-28(22-5-4-6-27(16-22)36-3)30-33(29(32)35)23-9-7-21(8-10-23)13-14-31-24-11-12-25(31)19-37-18-24/h4-10,16,20,24-25H,11-15,17-19H2,1-3H3. The number of hydrogen-bond donors (Lipinski definition) is 0. The van der Waals surface area contributed by atoms with Crippen LogP contribution in [0.25, 0.3) is 17.1 Å². The molecule has 37 heavy (non-hydrogen) atoms. The number of benzene rings is 2. The van der Waals surface area contributed by atoms with Gasteiger partial charge in [0.25, 0.3) is 0 Å². The second-order valence-corrected chi connectivity index (χ2v) is 10.5. The molecule has 0 amide bonds. The molecule has 0 spiro atoms. The third-order valence-corrected chi connectivity index (χ3v) is 7.39. The summed E-state index contributed by atoms with van der Waals surface area (Å²) < 4.78 is 13.9. The zero-order chi connectivity index (χ0) is 25.9. The summed E-state index contributed by atoms with van der Waals surface area (Å²) >= 11 is 0. The van der Waals surface area contributed by atoms with Crippen LogP contribution in [0.2, 0.25) is 0 Å². The molecule has 8 heteroatoms. The van der Waals surface area contributed by atoms with E-state index in [0.29, 0.717) is 35.8 Å². The zero-order valence-electron chi connectivity index (χ0n) is 21.9. The molecule has 0 saturated carbocycles. The molecule has 2 fully saturated rings. The van der Waals surface area contributed by atoms with Crippen LogP contribution in [-0.4, -0.2) is 64.0 Å². The van der Waals surface area contributed by atoms with Crippen molar-refractivity contribution in [3.05, 3.63) is 64.6 Å². The molecule has 3 heterocycles. The van der Waals surface area contributed by atoms with Crippen LogP contribution >= 0.6 is 0 Å². The van der Waals surface area contributed by atoms with Crippen molar-refractivity contribution in [3.8, 4) is 22.8 Å². The molecule has 196 valence electrons. The van der Waals surface area contributed by atoms with E-state index < -0.39 is 0 Å². The molecule has 1 aromatic heterocycles. The summed E-state index contributed by atoms with van der Waals surface area (Å²) in [6, 6.07) is 16.5. The van der Waals surface area contributed by atoms with Crippen molar-refractivity contribution in [3.63, 3.8) is 0 Å². The second kappa shape index (κ2) is 11.0. The number of aromatic nitrogens is 3. The van der Waals surface area contributed by atoms with Crippen LogP contribution in [0.3, 0.4) is 0 Å². The minimum Gasteiger partial charge on any atom is -0.497 e. The molecular weight excluding hydrogens is 468 g/mol. The number of nitrogens with zero attached hydrogens (tertiary/aromatic N) is 4. The predicted molar refractivity (Wildman–Crippen MR) is 142 cm³/mol. The maximum absolute atomic E-state index is 13.5. The van der Waals surface area contributed by atoms with E-state index in [-0.39, 0.29) is 23.9 Å². The van der Waals surface area contributed by atoms with Crippen molar-refractivity contribution in [2.75, 3.05) is 26.9 Å². The fourth-order valence-corrected chi connectivity index (χ4v) is 5.52. The fourth-order valence-electron chi connectivity index (χ4n) is 5.52. The van der Waals surface area contributed by atoms with Gasteiger partial charge in [-0.25, -0.2) is 4.79 Å². The van der Waals surface area contributed by atoms with E-state index in [0.717, 1.165) is 31.7 Å². The first-order chi connectivity index (χ1) is 17.9. The van der Waals surface area contributed by atoms with Gasteiger partial charge in [0.05, 0.1) is 32.6 Å². The van der Waals surface area contributed by atoms with E-state index >= 15 is 0 Å². The van der Waals surface area contributed by atoms with E-state index in [9.17, 15) is 9.59 Å². The number of hydrogen-bond acceptors (Lipinski definition) is 6. The number of fused-ring (bicyclic) bond motifs is 2. The Balaban J connectivity index is 1.39. The molecule has 2 aliphatic heterocycles. The lowest BCUT2D eigenvalue weighted by Gasteiger charge is -2.34. The first kappa shape index (κ1) is 25.4. The topological polar surface area (TPSA) is 78.6 Å². The van der Waals surface area contributed by atoms with Gasteiger partial charge < -0.3 is 9.47 Å². The van der Waals surface area contributed by atoms with Gasteiger partial charge in [0, 0.05) is 30.6 Å². The molecule has 0 aliphatic carbocycles. The number of ether oxygens (including phenoxy) is 2. The smallest absolute Gasteiger partial charge is 0.351 e. The van der Waals surface area contributed by atoms with Crippen LogP contribution in [0, 0.1) is 5.92 Å².